The van der Waals surface area contributed by atoms with Crippen LogP contribution in [0.25, 0.3) is 10.9 Å². The second-order valence-electron chi connectivity index (χ2n) is 6.57. The number of nitrogens with one attached hydrogen (secondary N) is 1. The molecule has 1 unspecified atom stereocenters. The molecule has 1 saturated heterocycles. The van der Waals surface area contributed by atoms with Gasteiger partial charge in [-0.25, -0.2) is 0 Å². The van der Waals surface area contributed by atoms with Crippen molar-refractivity contribution in [3.05, 3.63) is 34.9 Å². The average Bonchev–Trinajstić information content (AvgIpc) is 3.08. The maximum Gasteiger partial charge on any atom is 0.225 e. The van der Waals surface area contributed by atoms with Crippen molar-refractivity contribution in [1.82, 2.24) is 14.8 Å². The Bertz CT molecular complexity index is 769. The molecule has 2 amide bonds. The standard InChI is InChI=1S/C18H22BrN3O2/c1-12(2)22-11-15(10-18(22)24)20-17(23)6-8-21-7-5-13-9-14(19)3-4-16(13)21/h3-5,7,9,12,15H,6,8,10-11H2,1-2H3,(H,20,23). The van der Waals surface area contributed by atoms with Crippen LogP contribution in [0.5, 0.6) is 0 Å². The van der Waals surface area contributed by atoms with Crippen LogP contribution in [0.15, 0.2) is 34.9 Å². The van der Waals surface area contributed by atoms with Crippen LogP contribution in [0.2, 0.25) is 0 Å². The van der Waals surface area contributed by atoms with Gasteiger partial charge in [-0.1, -0.05) is 15.9 Å². The first-order valence-electron chi connectivity index (χ1n) is 8.27. The number of nitrogens with zero attached hydrogens (tertiary/aromatic N) is 2. The van der Waals surface area contributed by atoms with E-state index < -0.39 is 0 Å². The summed E-state index contributed by atoms with van der Waals surface area (Å²) in [5.74, 6) is 0.120. The van der Waals surface area contributed by atoms with Gasteiger partial charge in [0, 0.05) is 53.5 Å². The second-order valence-corrected chi connectivity index (χ2v) is 7.49. The van der Waals surface area contributed by atoms with Crippen molar-refractivity contribution >= 4 is 38.6 Å². The molecule has 1 aliphatic rings. The predicted molar refractivity (Wildman–Crippen MR) is 97.7 cm³/mol. The first-order chi connectivity index (χ1) is 11.4. The number of likely N-dealkylation sites (tertiary alicyclic amines) is 1. The lowest BCUT2D eigenvalue weighted by molar-refractivity contribution is -0.129. The van der Waals surface area contributed by atoms with Crippen molar-refractivity contribution in [2.45, 2.75) is 45.3 Å². The van der Waals surface area contributed by atoms with Gasteiger partial charge < -0.3 is 14.8 Å². The largest absolute Gasteiger partial charge is 0.351 e. The van der Waals surface area contributed by atoms with Gasteiger partial charge in [0.05, 0.1) is 6.04 Å². The Morgan fingerprint density at radius 3 is 2.88 bits per heavy atom. The summed E-state index contributed by atoms with van der Waals surface area (Å²) in [6, 6.07) is 8.29. The van der Waals surface area contributed by atoms with Crippen molar-refractivity contribution in [3.8, 4) is 0 Å². The highest BCUT2D eigenvalue weighted by molar-refractivity contribution is 9.10. The monoisotopic (exact) mass is 391 g/mol. The van der Waals surface area contributed by atoms with Crippen LogP contribution in [0.1, 0.15) is 26.7 Å². The number of aryl methyl sites for hydroxylation is 1. The van der Waals surface area contributed by atoms with Gasteiger partial charge >= 0.3 is 0 Å². The number of amides is 2. The Morgan fingerprint density at radius 1 is 1.38 bits per heavy atom. The molecule has 24 heavy (non-hydrogen) atoms. The van der Waals surface area contributed by atoms with Crippen LogP contribution in [0, 0.1) is 0 Å². The minimum atomic E-state index is -0.0650. The average molecular weight is 392 g/mol. The molecule has 6 heteroatoms. The van der Waals surface area contributed by atoms with Crippen LogP contribution in [-0.4, -0.2) is 39.9 Å². The van der Waals surface area contributed by atoms with Crippen LogP contribution >= 0.6 is 15.9 Å². The fourth-order valence-electron chi connectivity index (χ4n) is 3.22. The molecular formula is C18H22BrN3O2. The quantitative estimate of drug-likeness (QED) is 0.851. The Hall–Kier alpha value is -1.82. The van der Waals surface area contributed by atoms with E-state index >= 15 is 0 Å². The minimum absolute atomic E-state index is 0.00244. The highest BCUT2D eigenvalue weighted by Crippen LogP contribution is 2.21. The summed E-state index contributed by atoms with van der Waals surface area (Å²) in [7, 11) is 0. The van der Waals surface area contributed by atoms with E-state index in [0.717, 1.165) is 15.4 Å². The SMILES string of the molecule is CC(C)N1CC(NC(=O)CCn2ccc3cc(Br)ccc32)CC1=O. The lowest BCUT2D eigenvalue weighted by Gasteiger charge is -2.21. The van der Waals surface area contributed by atoms with Gasteiger partial charge in [-0.2, -0.15) is 0 Å². The summed E-state index contributed by atoms with van der Waals surface area (Å²) < 4.78 is 3.13. The van der Waals surface area contributed by atoms with Crippen LogP contribution in [0.4, 0.5) is 0 Å². The molecule has 1 aromatic carbocycles. The Balaban J connectivity index is 1.55. The second kappa shape index (κ2) is 6.97. The van der Waals surface area contributed by atoms with E-state index in [4.69, 9.17) is 0 Å². The number of fused-ring (bicyclic) bond motifs is 1. The van der Waals surface area contributed by atoms with Gasteiger partial charge in [0.1, 0.15) is 0 Å². The molecule has 0 radical (unpaired) electrons. The molecule has 0 spiro atoms. The zero-order chi connectivity index (χ0) is 17.3. The van der Waals surface area contributed by atoms with Gasteiger partial charge in [-0.3, -0.25) is 9.59 Å². The maximum atomic E-state index is 12.2. The molecule has 0 bridgehead atoms. The zero-order valence-electron chi connectivity index (χ0n) is 14.0. The van der Waals surface area contributed by atoms with E-state index in [0.29, 0.717) is 25.9 Å². The van der Waals surface area contributed by atoms with Crippen molar-refractivity contribution in [2.75, 3.05) is 6.54 Å². The van der Waals surface area contributed by atoms with Gasteiger partial charge in [-0.15, -0.1) is 0 Å². The molecule has 0 saturated carbocycles. The Morgan fingerprint density at radius 2 is 2.17 bits per heavy atom. The molecule has 0 aliphatic carbocycles. The van der Waals surface area contributed by atoms with E-state index in [2.05, 4.69) is 31.9 Å². The molecule has 3 rings (SSSR count). The molecule has 1 aliphatic heterocycles. The van der Waals surface area contributed by atoms with Crippen molar-refractivity contribution in [2.24, 2.45) is 0 Å². The van der Waals surface area contributed by atoms with Crippen molar-refractivity contribution in [1.29, 1.82) is 0 Å². The van der Waals surface area contributed by atoms with E-state index in [9.17, 15) is 9.59 Å². The first-order valence-corrected chi connectivity index (χ1v) is 9.06. The fourth-order valence-corrected chi connectivity index (χ4v) is 3.59. The highest BCUT2D eigenvalue weighted by atomic mass is 79.9. The van der Waals surface area contributed by atoms with Crippen molar-refractivity contribution < 1.29 is 9.59 Å². The fraction of sp³-hybridized carbons (Fsp3) is 0.444. The van der Waals surface area contributed by atoms with E-state index in [1.807, 2.05) is 43.1 Å². The Labute approximate surface area is 150 Å². The number of hydrogen-bond acceptors (Lipinski definition) is 2. The molecule has 1 atom stereocenters. The van der Waals surface area contributed by atoms with Crippen LogP contribution < -0.4 is 5.32 Å². The summed E-state index contributed by atoms with van der Waals surface area (Å²) in [6.07, 6.45) is 2.82. The highest BCUT2D eigenvalue weighted by Gasteiger charge is 2.31. The molecule has 1 fully saturated rings. The van der Waals surface area contributed by atoms with Crippen LogP contribution in [0.3, 0.4) is 0 Å². The number of hydrogen-bond donors (Lipinski definition) is 1. The number of carbonyl (C=O) groups is 2. The Kier molecular flexibility index (Phi) is 4.94. The topological polar surface area (TPSA) is 54.3 Å². The van der Waals surface area contributed by atoms with Crippen molar-refractivity contribution in [3.63, 3.8) is 0 Å². The predicted octanol–water partition coefficient (Wildman–Crippen LogP) is 2.92. The third-order valence-corrected chi connectivity index (χ3v) is 4.95. The summed E-state index contributed by atoms with van der Waals surface area (Å²) in [4.78, 5) is 25.9. The lowest BCUT2D eigenvalue weighted by Crippen LogP contribution is -2.39. The molecule has 5 nitrogen and oxygen atoms in total. The molecule has 2 aromatic rings. The molecule has 2 heterocycles. The summed E-state index contributed by atoms with van der Waals surface area (Å²) in [5, 5.41) is 4.14. The molecule has 128 valence electrons. The summed E-state index contributed by atoms with van der Waals surface area (Å²) >= 11 is 3.47. The minimum Gasteiger partial charge on any atom is -0.351 e. The van der Waals surface area contributed by atoms with Gasteiger partial charge in [0.2, 0.25) is 11.8 Å². The number of carbonyl (C=O) groups excluding carboxylic acids is 2. The summed E-state index contributed by atoms with van der Waals surface area (Å²) in [5.41, 5.74) is 1.12. The lowest BCUT2D eigenvalue weighted by atomic mass is 10.2. The molecular weight excluding hydrogens is 370 g/mol. The van der Waals surface area contributed by atoms with Crippen LogP contribution in [-0.2, 0) is 16.1 Å². The van der Waals surface area contributed by atoms with E-state index in [1.165, 1.54) is 0 Å². The van der Waals surface area contributed by atoms with Gasteiger partial charge in [0.25, 0.3) is 0 Å². The molecule has 1 aromatic heterocycles. The first kappa shape index (κ1) is 17.0. The van der Waals surface area contributed by atoms with E-state index in [-0.39, 0.29) is 23.9 Å². The third kappa shape index (κ3) is 3.64. The van der Waals surface area contributed by atoms with E-state index in [1.54, 1.807) is 0 Å². The maximum absolute atomic E-state index is 12.2. The zero-order valence-corrected chi connectivity index (χ0v) is 15.5. The smallest absolute Gasteiger partial charge is 0.225 e. The van der Waals surface area contributed by atoms with Gasteiger partial charge in [0.15, 0.2) is 0 Å². The molecule has 1 N–H and O–H groups in total. The summed E-state index contributed by atoms with van der Waals surface area (Å²) in [6.45, 7) is 5.24. The number of rotatable bonds is 5. The van der Waals surface area contributed by atoms with Gasteiger partial charge in [-0.05, 0) is 38.1 Å². The number of halogens is 1. The third-order valence-electron chi connectivity index (χ3n) is 4.46. The number of aromatic nitrogens is 1. The normalized spacial score (nSPS) is 17.9. The number of benzene rings is 1.